The summed E-state index contributed by atoms with van der Waals surface area (Å²) in [5, 5.41) is 0. The van der Waals surface area contributed by atoms with Gasteiger partial charge in [-0.1, -0.05) is 0 Å². The Morgan fingerprint density at radius 3 is 2.60 bits per heavy atom. The number of likely N-dealkylation sites (tertiary alicyclic amines) is 1. The van der Waals surface area contributed by atoms with Crippen molar-refractivity contribution in [2.75, 3.05) is 20.1 Å². The van der Waals surface area contributed by atoms with Crippen LogP contribution in [-0.4, -0.2) is 37.2 Å². The fourth-order valence-corrected chi connectivity index (χ4v) is 1.20. The molecule has 0 saturated carbocycles. The molecule has 1 fully saturated rings. The molecule has 3 heteroatoms. The van der Waals surface area contributed by atoms with E-state index in [9.17, 15) is 4.79 Å². The van der Waals surface area contributed by atoms with Crippen LogP contribution >= 0.6 is 0 Å². The molecule has 1 aliphatic heterocycles. The van der Waals surface area contributed by atoms with E-state index in [4.69, 9.17) is 0 Å². The molecule has 0 atom stereocenters. The molecule has 1 saturated heterocycles. The molecule has 0 aromatic carbocycles. The Kier molecular flexibility index (Phi) is 2.60. The molecule has 0 bridgehead atoms. The summed E-state index contributed by atoms with van der Waals surface area (Å²) < 4.78 is 0. The second-order valence-corrected chi connectivity index (χ2v) is 2.75. The Morgan fingerprint density at radius 1 is 1.50 bits per heavy atom. The number of rotatable bonds is 1. The van der Waals surface area contributed by atoms with Gasteiger partial charge >= 0.3 is 0 Å². The van der Waals surface area contributed by atoms with Crippen LogP contribution in [0.4, 0.5) is 0 Å². The maximum Gasteiger partial charge on any atom is 0.235 e. The Bertz CT molecular complexity index is 144. The topological polar surface area (TPSA) is 32.7 Å². The van der Waals surface area contributed by atoms with Crippen molar-refractivity contribution in [3.63, 3.8) is 0 Å². The number of aliphatic imine (C=N–C) groups is 1. The number of hydrogen-bond acceptors (Lipinski definition) is 3. The molecular formula is C7H12N2O. The zero-order valence-corrected chi connectivity index (χ0v) is 6.21. The van der Waals surface area contributed by atoms with Gasteiger partial charge in [0.1, 0.15) is 0 Å². The highest BCUT2D eigenvalue weighted by molar-refractivity contribution is 5.33. The van der Waals surface area contributed by atoms with E-state index in [1.807, 2.05) is 0 Å². The molecule has 1 heterocycles. The lowest BCUT2D eigenvalue weighted by Gasteiger charge is -2.25. The summed E-state index contributed by atoms with van der Waals surface area (Å²) in [7, 11) is 2.08. The average Bonchev–Trinajstić information content (AvgIpc) is 1.95. The van der Waals surface area contributed by atoms with E-state index in [1.165, 1.54) is 0 Å². The quantitative estimate of drug-likeness (QED) is 0.390. The van der Waals surface area contributed by atoms with E-state index in [2.05, 4.69) is 16.9 Å². The van der Waals surface area contributed by atoms with E-state index >= 15 is 0 Å². The normalized spacial score (nSPS) is 22.1. The first-order valence-corrected chi connectivity index (χ1v) is 3.58. The molecule has 0 amide bonds. The average molecular weight is 140 g/mol. The minimum Gasteiger partial charge on any atom is -0.306 e. The highest BCUT2D eigenvalue weighted by Crippen LogP contribution is 2.10. The van der Waals surface area contributed by atoms with E-state index < -0.39 is 0 Å². The van der Waals surface area contributed by atoms with E-state index in [0.29, 0.717) is 0 Å². The van der Waals surface area contributed by atoms with Crippen LogP contribution in [0, 0.1) is 0 Å². The number of hydrogen-bond donors (Lipinski definition) is 0. The van der Waals surface area contributed by atoms with Crippen LogP contribution in [0.15, 0.2) is 4.99 Å². The molecule has 0 N–H and O–H groups in total. The van der Waals surface area contributed by atoms with E-state index in [-0.39, 0.29) is 6.04 Å². The van der Waals surface area contributed by atoms with Gasteiger partial charge in [-0.05, 0) is 33.0 Å². The summed E-state index contributed by atoms with van der Waals surface area (Å²) in [4.78, 5) is 15.8. The third kappa shape index (κ3) is 1.94. The molecule has 0 radical (unpaired) electrons. The van der Waals surface area contributed by atoms with Crippen LogP contribution in [0.5, 0.6) is 0 Å². The molecule has 0 aromatic heterocycles. The van der Waals surface area contributed by atoms with Crippen molar-refractivity contribution in [3.8, 4) is 0 Å². The predicted molar refractivity (Wildman–Crippen MR) is 38.6 cm³/mol. The fraction of sp³-hybridized carbons (Fsp3) is 0.857. The lowest BCUT2D eigenvalue weighted by Crippen LogP contribution is -2.31. The van der Waals surface area contributed by atoms with Gasteiger partial charge < -0.3 is 4.90 Å². The van der Waals surface area contributed by atoms with Crippen LogP contribution in [0.3, 0.4) is 0 Å². The van der Waals surface area contributed by atoms with Crippen LogP contribution in [0.25, 0.3) is 0 Å². The first-order valence-electron chi connectivity index (χ1n) is 3.58. The van der Waals surface area contributed by atoms with Crippen LogP contribution in [0.1, 0.15) is 12.8 Å². The SMILES string of the molecule is CN1CCC(N=C=O)CC1. The molecule has 1 rings (SSSR count). The molecule has 10 heavy (non-hydrogen) atoms. The maximum atomic E-state index is 9.85. The summed E-state index contributed by atoms with van der Waals surface area (Å²) in [6.07, 6.45) is 3.62. The largest absolute Gasteiger partial charge is 0.306 e. The third-order valence-electron chi connectivity index (χ3n) is 1.92. The molecule has 0 aromatic rings. The van der Waals surface area contributed by atoms with Crippen molar-refractivity contribution >= 4 is 6.08 Å². The van der Waals surface area contributed by atoms with E-state index in [1.54, 1.807) is 6.08 Å². The van der Waals surface area contributed by atoms with Crippen molar-refractivity contribution in [2.24, 2.45) is 4.99 Å². The third-order valence-corrected chi connectivity index (χ3v) is 1.92. The fourth-order valence-electron chi connectivity index (χ4n) is 1.20. The number of nitrogens with zero attached hydrogens (tertiary/aromatic N) is 2. The lowest BCUT2D eigenvalue weighted by atomic mass is 10.1. The maximum absolute atomic E-state index is 9.85. The highest BCUT2D eigenvalue weighted by atomic mass is 16.1. The highest BCUT2D eigenvalue weighted by Gasteiger charge is 2.14. The molecule has 0 unspecified atom stereocenters. The van der Waals surface area contributed by atoms with Crippen molar-refractivity contribution in [3.05, 3.63) is 0 Å². The molecule has 0 aliphatic carbocycles. The molecular weight excluding hydrogens is 128 g/mol. The van der Waals surface area contributed by atoms with E-state index in [0.717, 1.165) is 25.9 Å². The van der Waals surface area contributed by atoms with Crippen LogP contribution < -0.4 is 0 Å². The van der Waals surface area contributed by atoms with Gasteiger partial charge in [0.2, 0.25) is 6.08 Å². The zero-order chi connectivity index (χ0) is 7.40. The van der Waals surface area contributed by atoms with Crippen molar-refractivity contribution in [1.82, 2.24) is 4.90 Å². The summed E-state index contributed by atoms with van der Waals surface area (Å²) >= 11 is 0. The first-order chi connectivity index (χ1) is 4.83. The Balaban J connectivity index is 2.32. The van der Waals surface area contributed by atoms with Gasteiger partial charge in [0.15, 0.2) is 0 Å². The Labute approximate surface area is 60.7 Å². The minimum absolute atomic E-state index is 0.244. The van der Waals surface area contributed by atoms with Gasteiger partial charge in [0, 0.05) is 0 Å². The lowest BCUT2D eigenvalue weighted by molar-refractivity contribution is 0.257. The van der Waals surface area contributed by atoms with Gasteiger partial charge in [0.25, 0.3) is 0 Å². The number of carbonyl (C=O) groups excluding carboxylic acids is 1. The van der Waals surface area contributed by atoms with Crippen molar-refractivity contribution in [2.45, 2.75) is 18.9 Å². The van der Waals surface area contributed by atoms with Crippen LogP contribution in [-0.2, 0) is 4.79 Å². The molecule has 3 nitrogen and oxygen atoms in total. The summed E-state index contributed by atoms with van der Waals surface area (Å²) in [6.45, 7) is 2.10. The first kappa shape index (κ1) is 7.45. The van der Waals surface area contributed by atoms with Gasteiger partial charge in [-0.2, -0.15) is 0 Å². The molecule has 0 spiro atoms. The smallest absolute Gasteiger partial charge is 0.235 e. The standard InChI is InChI=1S/C7H12N2O/c1-9-4-2-7(3-5-9)8-6-10/h7H,2-5H2,1H3. The second kappa shape index (κ2) is 3.49. The number of isocyanates is 1. The molecule has 56 valence electrons. The Morgan fingerprint density at radius 2 is 2.10 bits per heavy atom. The van der Waals surface area contributed by atoms with Gasteiger partial charge in [-0.3, -0.25) is 0 Å². The minimum atomic E-state index is 0.244. The van der Waals surface area contributed by atoms with Crippen molar-refractivity contribution < 1.29 is 4.79 Å². The summed E-state index contributed by atoms with van der Waals surface area (Å²) in [5.41, 5.74) is 0. The van der Waals surface area contributed by atoms with Gasteiger partial charge in [0.05, 0.1) is 6.04 Å². The zero-order valence-electron chi connectivity index (χ0n) is 6.21. The van der Waals surface area contributed by atoms with Gasteiger partial charge in [-0.15, -0.1) is 0 Å². The molecule has 1 aliphatic rings. The van der Waals surface area contributed by atoms with Gasteiger partial charge in [-0.25, -0.2) is 9.79 Å². The van der Waals surface area contributed by atoms with Crippen molar-refractivity contribution in [1.29, 1.82) is 0 Å². The summed E-state index contributed by atoms with van der Waals surface area (Å²) in [5.74, 6) is 0. The summed E-state index contributed by atoms with van der Waals surface area (Å²) in [6, 6.07) is 0.244. The Hall–Kier alpha value is -0.660. The monoisotopic (exact) mass is 140 g/mol. The second-order valence-electron chi connectivity index (χ2n) is 2.75. The predicted octanol–water partition coefficient (Wildman–Crippen LogP) is 0.416. The van der Waals surface area contributed by atoms with Crippen LogP contribution in [0.2, 0.25) is 0 Å². The number of piperidine rings is 1.